The highest BCUT2D eigenvalue weighted by atomic mass is 31.2. The molecule has 0 amide bonds. The predicted octanol–water partition coefficient (Wildman–Crippen LogP) is 4.23. The molecule has 0 aliphatic rings. The molecule has 0 aliphatic heterocycles. The van der Waals surface area contributed by atoms with E-state index >= 15 is 0 Å². The van der Waals surface area contributed by atoms with Crippen LogP contribution in [0.2, 0.25) is 0 Å². The molecule has 22 heavy (non-hydrogen) atoms. The Kier molecular flexibility index (Phi) is 18.4. The van der Waals surface area contributed by atoms with E-state index in [1.807, 2.05) is 0 Å². The molecular weight excluding hydrogens is 307 g/mol. The second-order valence-corrected chi connectivity index (χ2v) is 6.57. The quantitative estimate of drug-likeness (QED) is 0.294. The predicted molar refractivity (Wildman–Crippen MR) is 87.6 cm³/mol. The number of carboxylic acids is 1. The monoisotopic (exact) mass is 340 g/mol. The van der Waals surface area contributed by atoms with Gasteiger partial charge in [-0.15, -0.1) is 0 Å². The number of aliphatic carboxylic acids is 1. The van der Waals surface area contributed by atoms with E-state index in [-0.39, 0.29) is 0 Å². The van der Waals surface area contributed by atoms with Gasteiger partial charge in [0.15, 0.2) is 0 Å². The highest BCUT2D eigenvalue weighted by Crippen LogP contribution is 2.25. The van der Waals surface area contributed by atoms with Crippen LogP contribution in [-0.2, 0) is 9.36 Å². The largest absolute Gasteiger partial charge is 0.481 e. The van der Waals surface area contributed by atoms with Crippen molar-refractivity contribution in [1.29, 1.82) is 0 Å². The summed E-state index contributed by atoms with van der Waals surface area (Å²) < 4.78 is 8.88. The first-order valence-electron chi connectivity index (χ1n) is 8.27. The highest BCUT2D eigenvalue weighted by molar-refractivity contribution is 7.45. The van der Waals surface area contributed by atoms with Crippen molar-refractivity contribution in [2.75, 3.05) is 0 Å². The molecule has 4 N–H and O–H groups in total. The number of carbonyl (C=O) groups is 1. The molecule has 0 aliphatic carbocycles. The van der Waals surface area contributed by atoms with Gasteiger partial charge in [0.2, 0.25) is 0 Å². The first-order valence-corrected chi connectivity index (χ1v) is 9.84. The van der Waals surface area contributed by atoms with Crippen LogP contribution in [0.15, 0.2) is 0 Å². The Labute approximate surface area is 134 Å². The lowest BCUT2D eigenvalue weighted by atomic mass is 10.0. The summed E-state index contributed by atoms with van der Waals surface area (Å²) in [6.45, 7) is 2.25. The Hall–Kier alpha value is -0.420. The average Bonchev–Trinajstić information content (AvgIpc) is 2.38. The summed E-state index contributed by atoms with van der Waals surface area (Å²) in [5.41, 5.74) is 0. The van der Waals surface area contributed by atoms with E-state index in [0.29, 0.717) is 6.42 Å². The zero-order valence-corrected chi connectivity index (χ0v) is 14.6. The van der Waals surface area contributed by atoms with Crippen molar-refractivity contribution in [2.24, 2.45) is 0 Å². The Balaban J connectivity index is 0. The molecule has 0 saturated carbocycles. The number of phosphoric acid groups is 1. The third-order valence-electron chi connectivity index (χ3n) is 3.24. The fourth-order valence-corrected chi connectivity index (χ4v) is 2.12. The first kappa shape index (κ1) is 23.8. The topological polar surface area (TPSA) is 115 Å². The van der Waals surface area contributed by atoms with Crippen LogP contribution in [0.1, 0.15) is 90.4 Å². The van der Waals surface area contributed by atoms with Crippen LogP contribution in [-0.4, -0.2) is 25.8 Å². The van der Waals surface area contributed by atoms with Crippen LogP contribution in [0.25, 0.3) is 0 Å². The number of rotatable bonds is 13. The molecule has 7 heteroatoms. The van der Waals surface area contributed by atoms with Crippen molar-refractivity contribution in [1.82, 2.24) is 0 Å². The van der Waals surface area contributed by atoms with Gasteiger partial charge in [0.05, 0.1) is 0 Å². The van der Waals surface area contributed by atoms with Gasteiger partial charge in [-0.05, 0) is 6.42 Å². The lowest BCUT2D eigenvalue weighted by molar-refractivity contribution is -0.137. The van der Waals surface area contributed by atoms with Gasteiger partial charge < -0.3 is 19.8 Å². The molecule has 0 bridgehead atoms. The zero-order chi connectivity index (χ0) is 17.3. The van der Waals surface area contributed by atoms with Gasteiger partial charge in [-0.1, -0.05) is 77.6 Å². The standard InChI is InChI=1S/C15H30O2.H3O4P/c1-2-3-4-5-6-7-8-9-10-11-12-13-14-15(16)17;1-5(2,3)4/h2-14H2,1H3,(H,16,17);(H3,1,2,3,4). The van der Waals surface area contributed by atoms with Crippen molar-refractivity contribution in [3.05, 3.63) is 0 Å². The fourth-order valence-electron chi connectivity index (χ4n) is 2.12. The molecule has 0 unspecified atom stereocenters. The SMILES string of the molecule is CCCCCCCCCCCCCCC(=O)O.O=P(O)(O)O. The van der Waals surface area contributed by atoms with E-state index in [1.165, 1.54) is 64.2 Å². The molecule has 0 aromatic rings. The van der Waals surface area contributed by atoms with Crippen LogP contribution in [0, 0.1) is 0 Å². The molecule has 0 fully saturated rings. The van der Waals surface area contributed by atoms with Gasteiger partial charge in [-0.2, -0.15) is 0 Å². The normalized spacial score (nSPS) is 10.9. The lowest BCUT2D eigenvalue weighted by Gasteiger charge is -2.02. The minimum absolute atomic E-state index is 0.345. The Bertz CT molecular complexity index is 281. The molecule has 134 valence electrons. The lowest BCUT2D eigenvalue weighted by Crippen LogP contribution is -1.93. The number of hydrogen-bond acceptors (Lipinski definition) is 2. The molecule has 0 aromatic carbocycles. The van der Waals surface area contributed by atoms with Crippen molar-refractivity contribution >= 4 is 13.8 Å². The summed E-state index contributed by atoms with van der Waals surface area (Å²) in [5, 5.41) is 8.47. The van der Waals surface area contributed by atoms with Gasteiger partial charge in [-0.3, -0.25) is 4.79 Å². The van der Waals surface area contributed by atoms with Gasteiger partial charge in [-0.25, -0.2) is 4.57 Å². The molecule has 0 spiro atoms. The van der Waals surface area contributed by atoms with Gasteiger partial charge in [0.25, 0.3) is 0 Å². The highest BCUT2D eigenvalue weighted by Gasteiger charge is 2.00. The summed E-state index contributed by atoms with van der Waals surface area (Å²) in [7, 11) is -4.64. The van der Waals surface area contributed by atoms with Gasteiger partial charge in [0, 0.05) is 6.42 Å². The maximum Gasteiger partial charge on any atom is 0.466 e. The summed E-state index contributed by atoms with van der Waals surface area (Å²) in [6, 6.07) is 0. The smallest absolute Gasteiger partial charge is 0.466 e. The number of hydrogen-bond donors (Lipinski definition) is 4. The average molecular weight is 340 g/mol. The molecule has 0 rings (SSSR count). The van der Waals surface area contributed by atoms with Crippen LogP contribution >= 0.6 is 7.82 Å². The summed E-state index contributed by atoms with van der Waals surface area (Å²) in [4.78, 5) is 31.8. The van der Waals surface area contributed by atoms with Crippen molar-refractivity contribution in [3.8, 4) is 0 Å². The summed E-state index contributed by atoms with van der Waals surface area (Å²) in [5.74, 6) is -0.655. The molecule has 0 radical (unpaired) electrons. The van der Waals surface area contributed by atoms with Crippen molar-refractivity contribution in [2.45, 2.75) is 90.4 Å². The Morgan fingerprint density at radius 2 is 1.00 bits per heavy atom. The third-order valence-corrected chi connectivity index (χ3v) is 3.24. The Morgan fingerprint density at radius 3 is 1.27 bits per heavy atom. The van der Waals surface area contributed by atoms with Gasteiger partial charge >= 0.3 is 13.8 Å². The molecule has 0 aromatic heterocycles. The minimum atomic E-state index is -4.64. The van der Waals surface area contributed by atoms with E-state index < -0.39 is 13.8 Å². The first-order chi connectivity index (χ1) is 10.3. The summed E-state index contributed by atoms with van der Waals surface area (Å²) >= 11 is 0. The maximum atomic E-state index is 10.3. The zero-order valence-electron chi connectivity index (χ0n) is 13.7. The van der Waals surface area contributed by atoms with E-state index in [9.17, 15) is 4.79 Å². The van der Waals surface area contributed by atoms with Gasteiger partial charge in [0.1, 0.15) is 0 Å². The second-order valence-electron chi connectivity index (χ2n) is 5.55. The molecule has 6 nitrogen and oxygen atoms in total. The van der Waals surface area contributed by atoms with Crippen LogP contribution in [0.5, 0.6) is 0 Å². The molecule has 0 heterocycles. The third kappa shape index (κ3) is 36.7. The summed E-state index contributed by atoms with van der Waals surface area (Å²) in [6.07, 6.45) is 15.8. The molecule has 0 atom stereocenters. The van der Waals surface area contributed by atoms with E-state index in [1.54, 1.807) is 0 Å². The number of carboxylic acid groups (broad SMARTS) is 1. The van der Waals surface area contributed by atoms with Crippen LogP contribution in [0.4, 0.5) is 0 Å². The minimum Gasteiger partial charge on any atom is -0.481 e. The van der Waals surface area contributed by atoms with E-state index in [4.69, 9.17) is 24.4 Å². The Morgan fingerprint density at radius 1 is 0.727 bits per heavy atom. The van der Waals surface area contributed by atoms with E-state index in [0.717, 1.165) is 12.8 Å². The fraction of sp³-hybridized carbons (Fsp3) is 0.933. The molecule has 0 saturated heterocycles. The van der Waals surface area contributed by atoms with E-state index in [2.05, 4.69) is 6.92 Å². The van der Waals surface area contributed by atoms with Crippen LogP contribution in [0.3, 0.4) is 0 Å². The van der Waals surface area contributed by atoms with Crippen molar-refractivity contribution < 1.29 is 29.1 Å². The maximum absolute atomic E-state index is 10.3. The number of unbranched alkanes of at least 4 members (excludes halogenated alkanes) is 11. The molecular formula is C15H33O6P. The second kappa shape index (κ2) is 16.9. The van der Waals surface area contributed by atoms with Crippen LogP contribution < -0.4 is 0 Å². The van der Waals surface area contributed by atoms with Crippen molar-refractivity contribution in [3.63, 3.8) is 0 Å².